The zero-order valence-electron chi connectivity index (χ0n) is 20.4. The fourth-order valence-electron chi connectivity index (χ4n) is 4.63. The van der Waals surface area contributed by atoms with E-state index in [0.29, 0.717) is 37.3 Å². The zero-order chi connectivity index (χ0) is 25.7. The number of benzene rings is 2. The average molecular weight is 534 g/mol. The summed E-state index contributed by atoms with van der Waals surface area (Å²) in [5, 5.41) is 3.17. The van der Waals surface area contributed by atoms with Crippen LogP contribution < -0.4 is 10.1 Å². The summed E-state index contributed by atoms with van der Waals surface area (Å²) in [5.41, 5.74) is 1.58. The second kappa shape index (κ2) is 11.6. The molecule has 2 aromatic rings. The molecular formula is C26H32ClN3O5S. The molecular weight excluding hydrogens is 502 g/mol. The molecule has 8 nitrogen and oxygen atoms in total. The number of rotatable bonds is 8. The number of hydrogen-bond acceptors (Lipinski definition) is 5. The van der Waals surface area contributed by atoms with E-state index in [1.54, 1.807) is 18.2 Å². The van der Waals surface area contributed by atoms with Crippen molar-refractivity contribution in [2.24, 2.45) is 5.92 Å². The van der Waals surface area contributed by atoms with Gasteiger partial charge in [-0.1, -0.05) is 23.7 Å². The Morgan fingerprint density at radius 1 is 1.03 bits per heavy atom. The number of ether oxygens (including phenoxy) is 1. The molecule has 1 N–H and O–H groups in total. The Bertz CT molecular complexity index is 1190. The lowest BCUT2D eigenvalue weighted by atomic mass is 9.97. The van der Waals surface area contributed by atoms with Crippen molar-refractivity contribution in [2.45, 2.75) is 43.9 Å². The van der Waals surface area contributed by atoms with E-state index in [1.165, 1.54) is 16.4 Å². The Balaban J connectivity index is 1.29. The smallest absolute Gasteiger partial charge is 0.243 e. The van der Waals surface area contributed by atoms with Gasteiger partial charge in [0, 0.05) is 37.8 Å². The third kappa shape index (κ3) is 6.19. The summed E-state index contributed by atoms with van der Waals surface area (Å²) in [6.07, 6.45) is 3.35. The van der Waals surface area contributed by atoms with Crippen LogP contribution in [0.25, 0.3) is 0 Å². The minimum Gasteiger partial charge on any atom is -0.492 e. The van der Waals surface area contributed by atoms with E-state index in [9.17, 15) is 18.0 Å². The van der Waals surface area contributed by atoms with E-state index in [-0.39, 0.29) is 40.7 Å². The molecule has 0 unspecified atom stereocenters. The highest BCUT2D eigenvalue weighted by Crippen LogP contribution is 2.30. The van der Waals surface area contributed by atoms with Gasteiger partial charge in [0.25, 0.3) is 0 Å². The first-order chi connectivity index (χ1) is 17.3. The molecule has 2 aliphatic rings. The highest BCUT2D eigenvalue weighted by molar-refractivity contribution is 7.89. The minimum atomic E-state index is -3.71. The van der Waals surface area contributed by atoms with Gasteiger partial charge in [0.1, 0.15) is 5.75 Å². The highest BCUT2D eigenvalue weighted by atomic mass is 35.5. The number of anilines is 1. The molecule has 2 heterocycles. The van der Waals surface area contributed by atoms with Crippen LogP contribution in [0.15, 0.2) is 47.4 Å². The summed E-state index contributed by atoms with van der Waals surface area (Å²) in [6, 6.07) is 11.8. The molecule has 0 aromatic heterocycles. The standard InChI is InChI=1S/C26H32ClN3O5S/c1-2-35-24-10-9-22(18-23(24)27)36(33,34)30-15-11-20(12-16-30)26(32)28-21-7-5-19(6-8-21)17-25(31)29-13-3-4-14-29/h5-10,18,20H,2-4,11-17H2,1H3,(H,28,32). The van der Waals surface area contributed by atoms with Gasteiger partial charge in [0.15, 0.2) is 0 Å². The van der Waals surface area contributed by atoms with Crippen LogP contribution in [0, 0.1) is 5.92 Å². The third-order valence-electron chi connectivity index (χ3n) is 6.70. The summed E-state index contributed by atoms with van der Waals surface area (Å²) in [6.45, 7) is 4.44. The molecule has 0 aliphatic carbocycles. The molecule has 10 heteroatoms. The molecule has 0 bridgehead atoms. The Morgan fingerprint density at radius 2 is 1.69 bits per heavy atom. The first-order valence-corrected chi connectivity index (χ1v) is 14.2. The van der Waals surface area contributed by atoms with Crippen molar-refractivity contribution in [1.29, 1.82) is 0 Å². The van der Waals surface area contributed by atoms with Crippen molar-refractivity contribution in [2.75, 3.05) is 38.1 Å². The number of sulfonamides is 1. The zero-order valence-corrected chi connectivity index (χ0v) is 22.0. The number of amides is 2. The van der Waals surface area contributed by atoms with Gasteiger partial charge in [-0.05, 0) is 68.5 Å². The topological polar surface area (TPSA) is 96.0 Å². The maximum atomic E-state index is 13.1. The lowest BCUT2D eigenvalue weighted by molar-refractivity contribution is -0.129. The van der Waals surface area contributed by atoms with Crippen LogP contribution in [0.3, 0.4) is 0 Å². The van der Waals surface area contributed by atoms with Crippen LogP contribution in [0.4, 0.5) is 5.69 Å². The minimum absolute atomic E-state index is 0.113. The van der Waals surface area contributed by atoms with Crippen LogP contribution >= 0.6 is 11.6 Å². The van der Waals surface area contributed by atoms with Crippen LogP contribution in [0.5, 0.6) is 5.75 Å². The van der Waals surface area contributed by atoms with Gasteiger partial charge in [0.2, 0.25) is 21.8 Å². The Kier molecular flexibility index (Phi) is 8.54. The molecule has 2 aromatic carbocycles. The Hall–Kier alpha value is -2.62. The number of nitrogens with one attached hydrogen (secondary N) is 1. The van der Waals surface area contributed by atoms with Gasteiger partial charge >= 0.3 is 0 Å². The van der Waals surface area contributed by atoms with Crippen LogP contribution in [0.1, 0.15) is 38.2 Å². The summed E-state index contributed by atoms with van der Waals surface area (Å²) in [7, 11) is -3.71. The number of hydrogen-bond donors (Lipinski definition) is 1. The molecule has 0 radical (unpaired) electrons. The van der Waals surface area contributed by atoms with Gasteiger partial charge in [0.05, 0.1) is 22.9 Å². The summed E-state index contributed by atoms with van der Waals surface area (Å²) >= 11 is 6.18. The fraction of sp³-hybridized carbons (Fsp3) is 0.462. The van der Waals surface area contributed by atoms with E-state index < -0.39 is 10.0 Å². The Labute approximate surface area is 217 Å². The molecule has 0 saturated carbocycles. The molecule has 2 saturated heterocycles. The lowest BCUT2D eigenvalue weighted by Gasteiger charge is -2.30. The van der Waals surface area contributed by atoms with Crippen molar-refractivity contribution in [3.05, 3.63) is 53.1 Å². The van der Waals surface area contributed by atoms with E-state index in [4.69, 9.17) is 16.3 Å². The predicted octanol–water partition coefficient (Wildman–Crippen LogP) is 3.94. The maximum Gasteiger partial charge on any atom is 0.243 e. The van der Waals surface area contributed by atoms with Gasteiger partial charge in [-0.2, -0.15) is 4.31 Å². The number of carbonyl (C=O) groups excluding carboxylic acids is 2. The Morgan fingerprint density at radius 3 is 2.31 bits per heavy atom. The first-order valence-electron chi connectivity index (χ1n) is 12.4. The van der Waals surface area contributed by atoms with Crippen LogP contribution in [-0.4, -0.2) is 62.2 Å². The highest BCUT2D eigenvalue weighted by Gasteiger charge is 2.32. The molecule has 2 aliphatic heterocycles. The molecule has 0 spiro atoms. The molecule has 2 fully saturated rings. The number of carbonyl (C=O) groups is 2. The number of halogens is 1. The SMILES string of the molecule is CCOc1ccc(S(=O)(=O)N2CCC(C(=O)Nc3ccc(CC(=O)N4CCCC4)cc3)CC2)cc1Cl. The fourth-order valence-corrected chi connectivity index (χ4v) is 6.42. The summed E-state index contributed by atoms with van der Waals surface area (Å²) < 4.78 is 32.9. The molecule has 194 valence electrons. The quantitative estimate of drug-likeness (QED) is 0.554. The van der Waals surface area contributed by atoms with Crippen molar-refractivity contribution < 1.29 is 22.7 Å². The second-order valence-corrected chi connectivity index (χ2v) is 11.5. The average Bonchev–Trinajstić information content (AvgIpc) is 3.42. The predicted molar refractivity (Wildman–Crippen MR) is 139 cm³/mol. The summed E-state index contributed by atoms with van der Waals surface area (Å²) in [5.74, 6) is 0.173. The summed E-state index contributed by atoms with van der Waals surface area (Å²) in [4.78, 5) is 27.1. The molecule has 2 amide bonds. The van der Waals surface area contributed by atoms with Crippen LogP contribution in [0.2, 0.25) is 5.02 Å². The largest absolute Gasteiger partial charge is 0.492 e. The van der Waals surface area contributed by atoms with Crippen molar-refractivity contribution in [3.8, 4) is 5.75 Å². The lowest BCUT2D eigenvalue weighted by Crippen LogP contribution is -2.41. The normalized spacial score (nSPS) is 17.2. The van der Waals surface area contributed by atoms with Crippen molar-refractivity contribution in [1.82, 2.24) is 9.21 Å². The second-order valence-electron chi connectivity index (χ2n) is 9.15. The van der Waals surface area contributed by atoms with Gasteiger partial charge < -0.3 is 15.0 Å². The number of likely N-dealkylation sites (tertiary alicyclic amines) is 1. The monoisotopic (exact) mass is 533 g/mol. The van der Waals surface area contributed by atoms with E-state index in [2.05, 4.69) is 5.32 Å². The van der Waals surface area contributed by atoms with Crippen LogP contribution in [-0.2, 0) is 26.0 Å². The number of nitrogens with zero attached hydrogens (tertiary/aromatic N) is 2. The van der Waals surface area contributed by atoms with Crippen molar-refractivity contribution >= 4 is 39.1 Å². The molecule has 36 heavy (non-hydrogen) atoms. The van der Waals surface area contributed by atoms with Crippen molar-refractivity contribution in [3.63, 3.8) is 0 Å². The molecule has 0 atom stereocenters. The van der Waals surface area contributed by atoms with Gasteiger partial charge in [-0.3, -0.25) is 9.59 Å². The van der Waals surface area contributed by atoms with E-state index >= 15 is 0 Å². The first kappa shape index (κ1) is 26.4. The number of piperidine rings is 1. The molecule has 4 rings (SSSR count). The van der Waals surface area contributed by atoms with E-state index in [0.717, 1.165) is 31.5 Å². The maximum absolute atomic E-state index is 13.1. The van der Waals surface area contributed by atoms with E-state index in [1.807, 2.05) is 24.0 Å². The van der Waals surface area contributed by atoms with Gasteiger partial charge in [-0.25, -0.2) is 8.42 Å². The third-order valence-corrected chi connectivity index (χ3v) is 8.89. The van der Waals surface area contributed by atoms with Gasteiger partial charge in [-0.15, -0.1) is 0 Å².